The number of carbonyl (C=O) groups excluding carboxylic acids is 3. The fourth-order valence-corrected chi connectivity index (χ4v) is 6.91. The Morgan fingerprint density at radius 2 is 1.91 bits per heavy atom. The molecule has 2 aliphatic rings. The second-order valence-electron chi connectivity index (χ2n) is 10.9. The van der Waals surface area contributed by atoms with E-state index in [0.717, 1.165) is 32.1 Å². The fraction of sp³-hybridized carbons (Fsp3) is 0.407. The summed E-state index contributed by atoms with van der Waals surface area (Å²) in [6.45, 7) is 8.11. The van der Waals surface area contributed by atoms with E-state index in [2.05, 4.69) is 44.4 Å². The van der Waals surface area contributed by atoms with Crippen LogP contribution >= 0.6 is 11.3 Å². The first-order valence-electron chi connectivity index (χ1n) is 12.0. The van der Waals surface area contributed by atoms with Crippen LogP contribution in [0.4, 0.5) is 10.5 Å². The van der Waals surface area contributed by atoms with Crippen LogP contribution in [-0.4, -0.2) is 39.8 Å². The minimum absolute atomic E-state index is 0.0529. The molecule has 0 radical (unpaired) electrons. The van der Waals surface area contributed by atoms with Gasteiger partial charge in [-0.25, -0.2) is 9.78 Å². The van der Waals surface area contributed by atoms with Gasteiger partial charge in [0.2, 0.25) is 5.91 Å². The maximum absolute atomic E-state index is 13.3. The summed E-state index contributed by atoms with van der Waals surface area (Å²) in [5.74, 6) is -0.384. The van der Waals surface area contributed by atoms with Crippen LogP contribution in [-0.2, 0) is 9.59 Å². The summed E-state index contributed by atoms with van der Waals surface area (Å²) in [4.78, 5) is 44.4. The highest BCUT2D eigenvalue weighted by atomic mass is 32.1. The standard InChI is InChI=1S/C27H30N4O3S/c1-16-5-10-20-21(11-16)35-23(29-20)18-6-8-19(9-7-18)28-22(32)14-31-24(33)27(30-25(31)34)13-17(2)12-26(3,4)15-27/h5-11,17H,12-15H2,1-4H3,(H,28,32)(H,30,34)/t17-,27+/m0/s1. The second kappa shape index (κ2) is 8.45. The third-order valence-corrected chi connectivity index (χ3v) is 7.95. The van der Waals surface area contributed by atoms with Gasteiger partial charge < -0.3 is 10.6 Å². The van der Waals surface area contributed by atoms with Crippen LogP contribution in [0.5, 0.6) is 0 Å². The Hall–Kier alpha value is -3.26. The van der Waals surface area contributed by atoms with Crippen molar-refractivity contribution < 1.29 is 14.4 Å². The van der Waals surface area contributed by atoms with Gasteiger partial charge >= 0.3 is 6.03 Å². The van der Waals surface area contributed by atoms with Crippen LogP contribution in [0, 0.1) is 18.3 Å². The number of carbonyl (C=O) groups is 3. The zero-order valence-electron chi connectivity index (χ0n) is 20.5. The Morgan fingerprint density at radius 1 is 1.17 bits per heavy atom. The number of rotatable bonds is 4. The topological polar surface area (TPSA) is 91.4 Å². The minimum Gasteiger partial charge on any atom is -0.325 e. The van der Waals surface area contributed by atoms with Crippen LogP contribution < -0.4 is 10.6 Å². The third kappa shape index (κ3) is 4.55. The van der Waals surface area contributed by atoms with Crippen molar-refractivity contribution in [2.45, 2.75) is 52.5 Å². The molecule has 2 atom stereocenters. The average molecular weight is 491 g/mol. The van der Waals surface area contributed by atoms with Crippen LogP contribution in [0.15, 0.2) is 42.5 Å². The van der Waals surface area contributed by atoms with Crippen molar-refractivity contribution in [1.29, 1.82) is 0 Å². The van der Waals surface area contributed by atoms with Crippen molar-refractivity contribution in [3.8, 4) is 10.6 Å². The van der Waals surface area contributed by atoms with Crippen molar-refractivity contribution in [2.24, 2.45) is 11.3 Å². The number of nitrogens with one attached hydrogen (secondary N) is 2. The van der Waals surface area contributed by atoms with Gasteiger partial charge in [0.25, 0.3) is 5.91 Å². The maximum atomic E-state index is 13.3. The Morgan fingerprint density at radius 3 is 2.63 bits per heavy atom. The summed E-state index contributed by atoms with van der Waals surface area (Å²) in [7, 11) is 0. The molecule has 7 nitrogen and oxygen atoms in total. The van der Waals surface area contributed by atoms with Crippen molar-refractivity contribution in [1.82, 2.24) is 15.2 Å². The van der Waals surface area contributed by atoms with E-state index in [1.807, 2.05) is 36.4 Å². The number of benzene rings is 2. The van der Waals surface area contributed by atoms with E-state index in [0.29, 0.717) is 24.4 Å². The van der Waals surface area contributed by atoms with E-state index >= 15 is 0 Å². The molecular weight excluding hydrogens is 460 g/mol. The van der Waals surface area contributed by atoms with Crippen LogP contribution in [0.3, 0.4) is 0 Å². The van der Waals surface area contributed by atoms with Crippen LogP contribution in [0.25, 0.3) is 20.8 Å². The predicted molar refractivity (Wildman–Crippen MR) is 138 cm³/mol. The predicted octanol–water partition coefficient (Wildman–Crippen LogP) is 5.35. The molecule has 0 unspecified atom stereocenters. The monoisotopic (exact) mass is 490 g/mol. The van der Waals surface area contributed by atoms with Crippen molar-refractivity contribution in [3.05, 3.63) is 48.0 Å². The van der Waals surface area contributed by atoms with Gasteiger partial charge in [0.1, 0.15) is 17.1 Å². The second-order valence-corrected chi connectivity index (χ2v) is 11.9. The average Bonchev–Trinajstić information content (AvgIpc) is 3.27. The lowest BCUT2D eigenvalue weighted by molar-refractivity contribution is -0.136. The first-order chi connectivity index (χ1) is 16.5. The molecule has 1 aromatic heterocycles. The highest BCUT2D eigenvalue weighted by Gasteiger charge is 2.56. The van der Waals surface area contributed by atoms with Gasteiger partial charge in [-0.3, -0.25) is 14.5 Å². The van der Waals surface area contributed by atoms with E-state index < -0.39 is 17.5 Å². The van der Waals surface area contributed by atoms with E-state index in [1.165, 1.54) is 5.56 Å². The summed E-state index contributed by atoms with van der Waals surface area (Å²) in [6, 6.07) is 13.1. The molecule has 2 fully saturated rings. The number of imide groups is 1. The van der Waals surface area contributed by atoms with Crippen LogP contribution in [0.1, 0.15) is 45.6 Å². The summed E-state index contributed by atoms with van der Waals surface area (Å²) >= 11 is 1.63. The summed E-state index contributed by atoms with van der Waals surface area (Å²) in [5.41, 5.74) is 2.77. The fourth-order valence-electron chi connectivity index (χ4n) is 5.85. The molecule has 2 heterocycles. The van der Waals surface area contributed by atoms with Crippen molar-refractivity contribution >= 4 is 45.1 Å². The van der Waals surface area contributed by atoms with Gasteiger partial charge in [-0.1, -0.05) is 26.8 Å². The van der Waals surface area contributed by atoms with Gasteiger partial charge in [0.15, 0.2) is 0 Å². The summed E-state index contributed by atoms with van der Waals surface area (Å²) < 4.78 is 1.14. The first-order valence-corrected chi connectivity index (χ1v) is 12.8. The number of hydrogen-bond donors (Lipinski definition) is 2. The van der Waals surface area contributed by atoms with Crippen molar-refractivity contribution in [2.75, 3.05) is 11.9 Å². The molecule has 2 aromatic carbocycles. The molecule has 1 spiro atoms. The quantitative estimate of drug-likeness (QED) is 0.483. The zero-order valence-corrected chi connectivity index (χ0v) is 21.3. The molecule has 4 amide bonds. The molecule has 182 valence electrons. The number of aromatic nitrogens is 1. The molecule has 1 aliphatic heterocycles. The molecule has 1 saturated carbocycles. The highest BCUT2D eigenvalue weighted by molar-refractivity contribution is 7.21. The number of nitrogens with zero attached hydrogens (tertiary/aromatic N) is 2. The Bertz CT molecular complexity index is 1330. The van der Waals surface area contributed by atoms with E-state index in [9.17, 15) is 14.4 Å². The number of hydrogen-bond acceptors (Lipinski definition) is 5. The van der Waals surface area contributed by atoms with Crippen LogP contribution in [0.2, 0.25) is 0 Å². The zero-order chi connectivity index (χ0) is 25.0. The molecule has 0 bridgehead atoms. The minimum atomic E-state index is -0.907. The molecule has 3 aromatic rings. The van der Waals surface area contributed by atoms with Gasteiger partial charge in [0.05, 0.1) is 10.2 Å². The van der Waals surface area contributed by atoms with E-state index in [4.69, 9.17) is 4.98 Å². The molecular formula is C27H30N4O3S. The summed E-state index contributed by atoms with van der Waals surface area (Å²) in [6.07, 6.45) is 2.19. The van der Waals surface area contributed by atoms with E-state index in [1.54, 1.807) is 11.3 Å². The maximum Gasteiger partial charge on any atom is 0.325 e. The Balaban J connectivity index is 1.25. The molecule has 2 N–H and O–H groups in total. The number of aryl methyl sites for hydroxylation is 1. The lowest BCUT2D eigenvalue weighted by Gasteiger charge is -2.43. The van der Waals surface area contributed by atoms with E-state index in [-0.39, 0.29) is 17.9 Å². The van der Waals surface area contributed by atoms with Crippen molar-refractivity contribution in [3.63, 3.8) is 0 Å². The summed E-state index contributed by atoms with van der Waals surface area (Å²) in [5, 5.41) is 6.64. The first kappa shape index (κ1) is 23.5. The molecule has 1 aliphatic carbocycles. The Labute approximate surface area is 208 Å². The lowest BCUT2D eigenvalue weighted by atomic mass is 9.64. The largest absolute Gasteiger partial charge is 0.325 e. The lowest BCUT2D eigenvalue weighted by Crippen LogP contribution is -2.54. The van der Waals surface area contributed by atoms with Gasteiger partial charge in [-0.05, 0) is 79.5 Å². The van der Waals surface area contributed by atoms with Gasteiger partial charge in [0, 0.05) is 11.3 Å². The Kier molecular flexibility index (Phi) is 5.67. The normalized spacial score (nSPS) is 23.7. The highest BCUT2D eigenvalue weighted by Crippen LogP contribution is 2.46. The smallest absolute Gasteiger partial charge is 0.325 e. The van der Waals surface area contributed by atoms with Gasteiger partial charge in [-0.2, -0.15) is 0 Å². The number of amides is 4. The number of fused-ring (bicyclic) bond motifs is 1. The molecule has 5 rings (SSSR count). The number of thiazole rings is 1. The number of anilines is 1. The van der Waals surface area contributed by atoms with Gasteiger partial charge in [-0.15, -0.1) is 11.3 Å². The number of urea groups is 1. The molecule has 1 saturated heterocycles. The third-order valence-electron chi connectivity index (χ3n) is 6.89. The SMILES string of the molecule is Cc1ccc2nc(-c3ccc(NC(=O)CN4C(=O)N[C@@]5(C[C@@H](C)CC(C)(C)C5)C4=O)cc3)sc2c1. The molecule has 35 heavy (non-hydrogen) atoms. The molecule has 8 heteroatoms.